The van der Waals surface area contributed by atoms with Crippen molar-refractivity contribution in [3.63, 3.8) is 0 Å². The van der Waals surface area contributed by atoms with Crippen LogP contribution in [0.2, 0.25) is 0 Å². The lowest BCUT2D eigenvalue weighted by Gasteiger charge is -2.22. The van der Waals surface area contributed by atoms with Crippen LogP contribution in [0.1, 0.15) is 0 Å². The van der Waals surface area contributed by atoms with E-state index in [1.807, 2.05) is 36.2 Å². The fraction of sp³-hybridized carbons (Fsp3) is 0.200. The molecule has 0 radical (unpaired) electrons. The molecule has 0 aliphatic rings. The molecule has 5 nitrogen and oxygen atoms in total. The lowest BCUT2D eigenvalue weighted by molar-refractivity contribution is 0.415. The lowest BCUT2D eigenvalue weighted by atomic mass is 10.2. The van der Waals surface area contributed by atoms with Gasteiger partial charge in [0.2, 0.25) is 0 Å². The highest BCUT2D eigenvalue weighted by Crippen LogP contribution is 2.31. The smallest absolute Gasteiger partial charge is 0.175 e. The SMILES string of the molecule is COc1ccc(N(C)c2ccc(S(C)(=O)=O)cc2N)cc1. The van der Waals surface area contributed by atoms with Crippen LogP contribution < -0.4 is 15.4 Å². The van der Waals surface area contributed by atoms with Gasteiger partial charge in [-0.05, 0) is 42.5 Å². The van der Waals surface area contributed by atoms with E-state index in [0.29, 0.717) is 5.69 Å². The number of sulfone groups is 1. The van der Waals surface area contributed by atoms with E-state index in [-0.39, 0.29) is 4.90 Å². The van der Waals surface area contributed by atoms with E-state index >= 15 is 0 Å². The lowest BCUT2D eigenvalue weighted by Crippen LogP contribution is -2.12. The zero-order chi connectivity index (χ0) is 15.6. The van der Waals surface area contributed by atoms with Gasteiger partial charge in [-0.1, -0.05) is 0 Å². The van der Waals surface area contributed by atoms with Gasteiger partial charge in [0.1, 0.15) is 5.75 Å². The molecule has 0 atom stereocenters. The second kappa shape index (κ2) is 5.65. The molecule has 6 heteroatoms. The molecule has 0 aliphatic heterocycles. The zero-order valence-corrected chi connectivity index (χ0v) is 13.0. The summed E-state index contributed by atoms with van der Waals surface area (Å²) in [6, 6.07) is 12.3. The highest BCUT2D eigenvalue weighted by molar-refractivity contribution is 7.90. The van der Waals surface area contributed by atoms with E-state index in [1.54, 1.807) is 19.2 Å². The van der Waals surface area contributed by atoms with Crippen LogP contribution in [0.4, 0.5) is 17.1 Å². The Morgan fingerprint density at radius 1 is 1.10 bits per heavy atom. The van der Waals surface area contributed by atoms with Gasteiger partial charge < -0.3 is 15.4 Å². The van der Waals surface area contributed by atoms with Gasteiger partial charge in [-0.2, -0.15) is 0 Å². The summed E-state index contributed by atoms with van der Waals surface area (Å²) in [6.45, 7) is 0. The van der Waals surface area contributed by atoms with E-state index in [0.717, 1.165) is 23.4 Å². The molecule has 0 fully saturated rings. The monoisotopic (exact) mass is 306 g/mol. The van der Waals surface area contributed by atoms with E-state index < -0.39 is 9.84 Å². The third-order valence-corrected chi connectivity index (χ3v) is 4.36. The Kier molecular flexibility index (Phi) is 4.09. The number of hydrogen-bond acceptors (Lipinski definition) is 5. The summed E-state index contributed by atoms with van der Waals surface area (Å²) in [5.41, 5.74) is 8.06. The van der Waals surface area contributed by atoms with Crippen molar-refractivity contribution < 1.29 is 13.2 Å². The fourth-order valence-corrected chi connectivity index (χ4v) is 2.67. The zero-order valence-electron chi connectivity index (χ0n) is 12.2. The van der Waals surface area contributed by atoms with E-state index in [1.165, 1.54) is 6.07 Å². The largest absolute Gasteiger partial charge is 0.497 e. The summed E-state index contributed by atoms with van der Waals surface area (Å²) < 4.78 is 28.2. The molecule has 0 aromatic heterocycles. The van der Waals surface area contributed by atoms with Crippen molar-refractivity contribution in [1.82, 2.24) is 0 Å². The molecule has 0 unspecified atom stereocenters. The summed E-state index contributed by atoms with van der Waals surface area (Å²) in [7, 11) is 0.224. The second-order valence-corrected chi connectivity index (χ2v) is 6.77. The quantitative estimate of drug-likeness (QED) is 0.878. The van der Waals surface area contributed by atoms with Gasteiger partial charge in [-0.3, -0.25) is 0 Å². The van der Waals surface area contributed by atoms with E-state index in [9.17, 15) is 8.42 Å². The molecule has 0 aliphatic carbocycles. The maximum absolute atomic E-state index is 11.5. The first-order chi connectivity index (χ1) is 9.82. The van der Waals surface area contributed by atoms with Crippen molar-refractivity contribution in [2.24, 2.45) is 0 Å². The predicted octanol–water partition coefficient (Wildman–Crippen LogP) is 2.45. The van der Waals surface area contributed by atoms with Crippen molar-refractivity contribution in [3.05, 3.63) is 42.5 Å². The maximum Gasteiger partial charge on any atom is 0.175 e. The molecule has 112 valence electrons. The molecule has 0 spiro atoms. The molecule has 0 saturated heterocycles. The van der Waals surface area contributed by atoms with Crippen molar-refractivity contribution in [2.45, 2.75) is 4.90 Å². The van der Waals surface area contributed by atoms with Crippen LogP contribution in [0, 0.1) is 0 Å². The molecular formula is C15H18N2O3S. The number of hydrogen-bond donors (Lipinski definition) is 1. The third-order valence-electron chi connectivity index (χ3n) is 3.25. The Hall–Kier alpha value is -2.21. The van der Waals surface area contributed by atoms with Gasteiger partial charge in [-0.25, -0.2) is 8.42 Å². The average molecular weight is 306 g/mol. The summed E-state index contributed by atoms with van der Waals surface area (Å²) in [5, 5.41) is 0. The Morgan fingerprint density at radius 2 is 1.71 bits per heavy atom. The normalized spacial score (nSPS) is 11.2. The molecule has 0 heterocycles. The number of benzene rings is 2. The van der Waals surface area contributed by atoms with Gasteiger partial charge in [-0.15, -0.1) is 0 Å². The second-order valence-electron chi connectivity index (χ2n) is 4.75. The number of nitrogen functional groups attached to an aromatic ring is 1. The van der Waals surface area contributed by atoms with E-state index in [4.69, 9.17) is 10.5 Å². The molecule has 2 rings (SSSR count). The number of methoxy groups -OCH3 is 1. The molecular weight excluding hydrogens is 288 g/mol. The van der Waals surface area contributed by atoms with Crippen molar-refractivity contribution in [3.8, 4) is 5.75 Å². The standard InChI is InChI=1S/C15H18N2O3S/c1-17(11-4-6-12(20-2)7-5-11)15-9-8-13(10-14(15)16)21(3,18)19/h4-10H,16H2,1-3H3. The highest BCUT2D eigenvalue weighted by Gasteiger charge is 2.12. The molecule has 0 bridgehead atoms. The Labute approximate surface area is 124 Å². The van der Waals surface area contributed by atoms with Gasteiger partial charge in [0.25, 0.3) is 0 Å². The topological polar surface area (TPSA) is 72.6 Å². The summed E-state index contributed by atoms with van der Waals surface area (Å²) in [5.74, 6) is 0.771. The molecule has 2 aromatic rings. The van der Waals surface area contributed by atoms with Crippen LogP contribution >= 0.6 is 0 Å². The number of nitrogens with zero attached hydrogens (tertiary/aromatic N) is 1. The highest BCUT2D eigenvalue weighted by atomic mass is 32.2. The summed E-state index contributed by atoms with van der Waals surface area (Å²) >= 11 is 0. The minimum atomic E-state index is -3.26. The molecule has 21 heavy (non-hydrogen) atoms. The van der Waals surface area contributed by atoms with Crippen molar-refractivity contribution in [1.29, 1.82) is 0 Å². The molecule has 2 aromatic carbocycles. The van der Waals surface area contributed by atoms with Crippen molar-refractivity contribution >= 4 is 26.9 Å². The van der Waals surface area contributed by atoms with Crippen LogP contribution in [0.15, 0.2) is 47.4 Å². The van der Waals surface area contributed by atoms with Crippen molar-refractivity contribution in [2.75, 3.05) is 31.0 Å². The van der Waals surface area contributed by atoms with Gasteiger partial charge >= 0.3 is 0 Å². The van der Waals surface area contributed by atoms with Gasteiger partial charge in [0.05, 0.1) is 23.4 Å². The van der Waals surface area contributed by atoms with Crippen LogP contribution in [-0.2, 0) is 9.84 Å². The average Bonchev–Trinajstić information content (AvgIpc) is 2.45. The number of ether oxygens (including phenoxy) is 1. The maximum atomic E-state index is 11.5. The van der Waals surface area contributed by atoms with Crippen LogP contribution in [0.25, 0.3) is 0 Å². The Balaban J connectivity index is 2.36. The molecule has 2 N–H and O–H groups in total. The predicted molar refractivity (Wildman–Crippen MR) is 85.0 cm³/mol. The third kappa shape index (κ3) is 3.28. The first-order valence-corrected chi connectivity index (χ1v) is 8.19. The van der Waals surface area contributed by atoms with Gasteiger partial charge in [0.15, 0.2) is 9.84 Å². The number of nitrogens with two attached hydrogens (primary N) is 1. The fourth-order valence-electron chi connectivity index (χ4n) is 2.01. The Bertz CT molecular complexity index is 740. The minimum absolute atomic E-state index is 0.215. The van der Waals surface area contributed by atoms with E-state index in [2.05, 4.69) is 0 Å². The Morgan fingerprint density at radius 3 is 2.19 bits per heavy atom. The molecule has 0 saturated carbocycles. The number of rotatable bonds is 4. The van der Waals surface area contributed by atoms with Crippen LogP contribution in [-0.4, -0.2) is 28.8 Å². The molecule has 0 amide bonds. The van der Waals surface area contributed by atoms with Crippen LogP contribution in [0.3, 0.4) is 0 Å². The van der Waals surface area contributed by atoms with Gasteiger partial charge in [0, 0.05) is 19.0 Å². The first-order valence-electron chi connectivity index (χ1n) is 6.30. The van der Waals surface area contributed by atoms with Crippen LogP contribution in [0.5, 0.6) is 5.75 Å². The summed E-state index contributed by atoms with van der Waals surface area (Å²) in [4.78, 5) is 2.10. The first kappa shape index (κ1) is 15.2. The summed E-state index contributed by atoms with van der Waals surface area (Å²) in [6.07, 6.45) is 1.16. The number of anilines is 3. The minimum Gasteiger partial charge on any atom is -0.497 e.